The van der Waals surface area contributed by atoms with Gasteiger partial charge in [0.05, 0.1) is 6.04 Å². The average Bonchev–Trinajstić information content (AvgIpc) is 2.75. The number of carboxylic acid groups (broad SMARTS) is 1. The van der Waals surface area contributed by atoms with Crippen molar-refractivity contribution in [1.29, 1.82) is 0 Å². The van der Waals surface area contributed by atoms with Gasteiger partial charge in [0.25, 0.3) is 0 Å². The summed E-state index contributed by atoms with van der Waals surface area (Å²) >= 11 is 1.44. The summed E-state index contributed by atoms with van der Waals surface area (Å²) in [5, 5.41) is 16.4. The molecule has 34 heavy (non-hydrogen) atoms. The maximum Gasteiger partial charge on any atom is 0.325 e. The fourth-order valence-electron chi connectivity index (χ4n) is 2.63. The van der Waals surface area contributed by atoms with Crippen LogP contribution in [0.4, 0.5) is 0 Å². The Hall–Kier alpha value is -3.07. The van der Waals surface area contributed by atoms with E-state index < -0.39 is 53.8 Å². The largest absolute Gasteiger partial charge is 0.480 e. The van der Waals surface area contributed by atoms with E-state index in [1.807, 2.05) is 6.26 Å². The number of nitrogens with one attached hydrogen (secondary N) is 3. The molecule has 0 fully saturated rings. The Kier molecular flexibility index (Phi) is 15.0. The summed E-state index contributed by atoms with van der Waals surface area (Å²) in [4.78, 5) is 63.8. The molecule has 4 atom stereocenters. The van der Waals surface area contributed by atoms with E-state index in [2.05, 4.69) is 20.9 Å². The van der Waals surface area contributed by atoms with Crippen LogP contribution in [0, 0.1) is 0 Å². The Morgan fingerprint density at radius 2 is 1.47 bits per heavy atom. The molecule has 0 spiro atoms. The van der Waals surface area contributed by atoms with E-state index >= 15 is 0 Å². The number of hydrogen-bond acceptors (Lipinski definition) is 8. The monoisotopic (exact) mass is 504 g/mol. The van der Waals surface area contributed by atoms with Crippen LogP contribution in [0.1, 0.15) is 39.0 Å². The number of primary amides is 1. The highest BCUT2D eigenvalue weighted by Gasteiger charge is 2.29. The first-order valence-electron chi connectivity index (χ1n) is 10.6. The Morgan fingerprint density at radius 3 is 2.00 bits per heavy atom. The highest BCUT2D eigenvalue weighted by molar-refractivity contribution is 7.98. The molecule has 0 saturated carbocycles. The molecule has 4 amide bonds. The number of thioether (sulfide) groups is 1. The Bertz CT molecular complexity index is 746. The van der Waals surface area contributed by atoms with Crippen LogP contribution >= 0.6 is 11.8 Å². The van der Waals surface area contributed by atoms with E-state index in [0.29, 0.717) is 12.2 Å². The average molecular weight is 505 g/mol. The normalized spacial score (nSPS) is 14.1. The summed E-state index contributed by atoms with van der Waals surface area (Å²) in [5.41, 5.74) is 21.4. The molecule has 0 radical (unpaired) electrons. The molecular formula is C19H36N8O6S. The van der Waals surface area contributed by atoms with E-state index in [1.54, 1.807) is 0 Å². The minimum absolute atomic E-state index is 0.00463. The lowest BCUT2D eigenvalue weighted by atomic mass is 10.1. The van der Waals surface area contributed by atoms with Gasteiger partial charge >= 0.3 is 5.97 Å². The van der Waals surface area contributed by atoms with Crippen molar-refractivity contribution in [2.24, 2.45) is 27.9 Å². The number of aliphatic imine (C=N–C) groups is 1. The number of carboxylic acids is 1. The summed E-state index contributed by atoms with van der Waals surface area (Å²) in [5.74, 6) is -3.46. The van der Waals surface area contributed by atoms with Gasteiger partial charge in [-0.3, -0.25) is 29.0 Å². The molecule has 0 rings (SSSR count). The molecule has 12 N–H and O–H groups in total. The standard InChI is InChI=1S/C19H36N8O6S/c1-10(18(32)33)25-16(30)13(7-9-34-2)27-17(31)12(4-3-8-24-19(22)23)26-15(29)11(20)5-6-14(21)28/h10-13H,3-9,20H2,1-2H3,(H2,21,28)(H,25,30)(H,26,29)(H,27,31)(H,32,33)(H4,22,23,24). The lowest BCUT2D eigenvalue weighted by Gasteiger charge is -2.24. The first-order chi connectivity index (χ1) is 15.9. The number of rotatable bonds is 17. The third kappa shape index (κ3) is 13.5. The lowest BCUT2D eigenvalue weighted by molar-refractivity contribution is -0.141. The summed E-state index contributed by atoms with van der Waals surface area (Å²) in [6, 6.07) is -4.34. The zero-order chi connectivity index (χ0) is 26.3. The molecular weight excluding hydrogens is 468 g/mol. The van der Waals surface area contributed by atoms with Crippen molar-refractivity contribution in [3.63, 3.8) is 0 Å². The van der Waals surface area contributed by atoms with Crippen LogP contribution < -0.4 is 38.9 Å². The summed E-state index contributed by atoms with van der Waals surface area (Å²) in [6.45, 7) is 1.50. The maximum absolute atomic E-state index is 13.0. The predicted octanol–water partition coefficient (Wildman–Crippen LogP) is -3.06. The van der Waals surface area contributed by atoms with Crippen molar-refractivity contribution < 1.29 is 29.1 Å². The van der Waals surface area contributed by atoms with E-state index in [0.717, 1.165) is 0 Å². The molecule has 0 saturated heterocycles. The number of carbonyl (C=O) groups is 5. The number of amides is 4. The van der Waals surface area contributed by atoms with Crippen molar-refractivity contribution in [2.75, 3.05) is 18.6 Å². The molecule has 0 aromatic heterocycles. The number of hydrogen-bond donors (Lipinski definition) is 8. The zero-order valence-electron chi connectivity index (χ0n) is 19.4. The second-order valence-electron chi connectivity index (χ2n) is 7.53. The van der Waals surface area contributed by atoms with Gasteiger partial charge < -0.3 is 44.0 Å². The molecule has 0 heterocycles. The minimum Gasteiger partial charge on any atom is -0.480 e. The highest BCUT2D eigenvalue weighted by Crippen LogP contribution is 2.06. The number of nitrogens with zero attached hydrogens (tertiary/aromatic N) is 1. The zero-order valence-corrected chi connectivity index (χ0v) is 20.2. The van der Waals surface area contributed by atoms with Crippen LogP contribution in [-0.2, 0) is 24.0 Å². The Labute approximate surface area is 202 Å². The van der Waals surface area contributed by atoms with Gasteiger partial charge in [0, 0.05) is 13.0 Å². The van der Waals surface area contributed by atoms with Gasteiger partial charge in [-0.25, -0.2) is 0 Å². The van der Waals surface area contributed by atoms with Crippen LogP contribution in [0.5, 0.6) is 0 Å². The molecule has 14 nitrogen and oxygen atoms in total. The third-order valence-electron chi connectivity index (χ3n) is 4.59. The van der Waals surface area contributed by atoms with Gasteiger partial charge in [-0.1, -0.05) is 0 Å². The van der Waals surface area contributed by atoms with Crippen molar-refractivity contribution in [3.05, 3.63) is 0 Å². The van der Waals surface area contributed by atoms with Crippen molar-refractivity contribution in [1.82, 2.24) is 16.0 Å². The van der Waals surface area contributed by atoms with Crippen LogP contribution in [-0.4, -0.2) is 83.4 Å². The summed E-state index contributed by atoms with van der Waals surface area (Å²) in [6.07, 6.45) is 2.39. The minimum atomic E-state index is -1.22. The summed E-state index contributed by atoms with van der Waals surface area (Å²) < 4.78 is 0. The van der Waals surface area contributed by atoms with Crippen LogP contribution in [0.2, 0.25) is 0 Å². The first kappa shape index (κ1) is 30.9. The van der Waals surface area contributed by atoms with Crippen LogP contribution in [0.15, 0.2) is 4.99 Å². The third-order valence-corrected chi connectivity index (χ3v) is 5.23. The van der Waals surface area contributed by atoms with E-state index in [1.165, 1.54) is 18.7 Å². The molecule has 0 bridgehead atoms. The molecule has 0 aliphatic rings. The molecule has 15 heteroatoms. The van der Waals surface area contributed by atoms with Gasteiger partial charge in [0.2, 0.25) is 23.6 Å². The van der Waals surface area contributed by atoms with Gasteiger partial charge in [0.1, 0.15) is 18.1 Å². The number of carbonyl (C=O) groups excluding carboxylic acids is 4. The fraction of sp³-hybridized carbons (Fsp3) is 0.684. The van der Waals surface area contributed by atoms with Crippen molar-refractivity contribution in [2.45, 2.75) is 63.2 Å². The Balaban J connectivity index is 5.41. The Morgan fingerprint density at radius 1 is 0.912 bits per heavy atom. The van der Waals surface area contributed by atoms with Crippen LogP contribution in [0.3, 0.4) is 0 Å². The van der Waals surface area contributed by atoms with Crippen molar-refractivity contribution >= 4 is 47.3 Å². The van der Waals surface area contributed by atoms with Gasteiger partial charge in [-0.2, -0.15) is 11.8 Å². The van der Waals surface area contributed by atoms with E-state index in [-0.39, 0.29) is 38.2 Å². The fourth-order valence-corrected chi connectivity index (χ4v) is 3.10. The molecule has 0 aromatic rings. The van der Waals surface area contributed by atoms with Gasteiger partial charge in [-0.15, -0.1) is 0 Å². The number of aliphatic carboxylic acids is 1. The number of guanidine groups is 1. The lowest BCUT2D eigenvalue weighted by Crippen LogP contribution is -2.57. The predicted molar refractivity (Wildman–Crippen MR) is 128 cm³/mol. The smallest absolute Gasteiger partial charge is 0.325 e. The van der Waals surface area contributed by atoms with Gasteiger partial charge in [0.15, 0.2) is 5.96 Å². The van der Waals surface area contributed by atoms with Crippen LogP contribution in [0.25, 0.3) is 0 Å². The SMILES string of the molecule is CSCCC(NC(=O)C(CCCN=C(N)N)NC(=O)C(N)CCC(N)=O)C(=O)NC(C)C(=O)O. The van der Waals surface area contributed by atoms with E-state index in [4.69, 9.17) is 28.0 Å². The van der Waals surface area contributed by atoms with Crippen molar-refractivity contribution in [3.8, 4) is 0 Å². The molecule has 4 unspecified atom stereocenters. The topological polar surface area (TPSA) is 258 Å². The van der Waals surface area contributed by atoms with E-state index in [9.17, 15) is 24.0 Å². The summed E-state index contributed by atoms with van der Waals surface area (Å²) in [7, 11) is 0. The molecule has 0 aromatic carbocycles. The number of nitrogens with two attached hydrogens (primary N) is 4. The maximum atomic E-state index is 13.0. The molecule has 0 aliphatic heterocycles. The first-order valence-corrected chi connectivity index (χ1v) is 12.0. The van der Waals surface area contributed by atoms with Gasteiger partial charge in [-0.05, 0) is 44.6 Å². The second kappa shape index (κ2) is 16.5. The highest BCUT2D eigenvalue weighted by atomic mass is 32.2. The molecule has 194 valence electrons. The molecule has 0 aliphatic carbocycles. The quantitative estimate of drug-likeness (QED) is 0.0563. The second-order valence-corrected chi connectivity index (χ2v) is 8.52.